The summed E-state index contributed by atoms with van der Waals surface area (Å²) in [5.41, 5.74) is 0. The van der Waals surface area contributed by atoms with E-state index in [0.29, 0.717) is 19.4 Å². The molecule has 0 aromatic heterocycles. The van der Waals surface area contributed by atoms with Crippen LogP contribution in [0.2, 0.25) is 0 Å². The number of unbranched alkanes of at least 4 members (excludes halogenated alkanes) is 32. The summed E-state index contributed by atoms with van der Waals surface area (Å²) in [4.78, 5) is 24.4. The molecule has 0 spiro atoms. The molecule has 2 unspecified atom stereocenters. The molecule has 0 aliphatic carbocycles. The number of esters is 1. The third kappa shape index (κ3) is 42.0. The van der Waals surface area contributed by atoms with Crippen LogP contribution in [0.1, 0.15) is 258 Å². The highest BCUT2D eigenvalue weighted by Gasteiger charge is 2.18. The zero-order valence-electron chi connectivity index (χ0n) is 37.4. The Balaban J connectivity index is 3.53. The maximum Gasteiger partial charge on any atom is 0.305 e. The first-order chi connectivity index (χ1) is 27.5. The van der Waals surface area contributed by atoms with Gasteiger partial charge in [-0.25, -0.2) is 0 Å². The summed E-state index contributed by atoms with van der Waals surface area (Å²) in [5, 5.41) is 23.0. The third-order valence-corrected chi connectivity index (χ3v) is 11.2. The van der Waals surface area contributed by atoms with E-state index in [0.717, 1.165) is 57.8 Å². The molecule has 0 aliphatic heterocycles. The van der Waals surface area contributed by atoms with Crippen molar-refractivity contribution < 1.29 is 24.5 Å². The number of hydrogen-bond acceptors (Lipinski definition) is 5. The van der Waals surface area contributed by atoms with Crippen LogP contribution in [0, 0.1) is 0 Å². The molecule has 6 heteroatoms. The number of hydrogen-bond donors (Lipinski definition) is 3. The van der Waals surface area contributed by atoms with Crippen molar-refractivity contribution in [3.63, 3.8) is 0 Å². The van der Waals surface area contributed by atoms with Crippen molar-refractivity contribution in [3.05, 3.63) is 24.3 Å². The summed E-state index contributed by atoms with van der Waals surface area (Å²) >= 11 is 0. The maximum absolute atomic E-state index is 12.4. The Kier molecular flexibility index (Phi) is 44.7. The zero-order chi connectivity index (χ0) is 40.8. The van der Waals surface area contributed by atoms with E-state index >= 15 is 0 Å². The van der Waals surface area contributed by atoms with Gasteiger partial charge in [0.15, 0.2) is 0 Å². The van der Waals surface area contributed by atoms with E-state index in [2.05, 4.69) is 31.3 Å². The Bertz CT molecular complexity index is 874. The molecule has 6 nitrogen and oxygen atoms in total. The van der Waals surface area contributed by atoms with Crippen LogP contribution < -0.4 is 5.32 Å². The highest BCUT2D eigenvalue weighted by Crippen LogP contribution is 2.15. The molecule has 0 heterocycles. The third-order valence-electron chi connectivity index (χ3n) is 11.2. The predicted molar refractivity (Wildman–Crippen MR) is 241 cm³/mol. The molecule has 1 amide bonds. The Morgan fingerprint density at radius 3 is 1.27 bits per heavy atom. The van der Waals surface area contributed by atoms with Crippen molar-refractivity contribution in [2.75, 3.05) is 13.2 Å². The van der Waals surface area contributed by atoms with Gasteiger partial charge in [0.05, 0.1) is 25.4 Å². The van der Waals surface area contributed by atoms with Crippen molar-refractivity contribution in [3.8, 4) is 0 Å². The molecule has 3 N–H and O–H groups in total. The minimum atomic E-state index is -0.858. The summed E-state index contributed by atoms with van der Waals surface area (Å²) in [7, 11) is 0. The van der Waals surface area contributed by atoms with E-state index in [9.17, 15) is 19.8 Å². The molecule has 0 rings (SSSR count). The number of carbonyl (C=O) groups excluding carboxylic acids is 2. The van der Waals surface area contributed by atoms with Crippen LogP contribution in [0.3, 0.4) is 0 Å². The summed E-state index contributed by atoms with van der Waals surface area (Å²) in [5.74, 6) is -0.121. The Labute approximate surface area is 348 Å². The van der Waals surface area contributed by atoms with Crippen LogP contribution in [0.4, 0.5) is 0 Å². The fourth-order valence-electron chi connectivity index (χ4n) is 7.39. The SMILES string of the molecule is CCCCCCC/C=C\CCCCCCCC(=O)OCCCCCCCCCCCCC(=O)NC(CO)C(O)/C=C/CCCCCCCCCCCCCCC. The summed E-state index contributed by atoms with van der Waals surface area (Å²) in [6.45, 7) is 4.83. The van der Waals surface area contributed by atoms with Gasteiger partial charge in [-0.3, -0.25) is 9.59 Å². The van der Waals surface area contributed by atoms with Gasteiger partial charge < -0.3 is 20.3 Å². The number of aliphatic hydroxyl groups is 2. The van der Waals surface area contributed by atoms with Crippen molar-refractivity contribution in [1.82, 2.24) is 5.32 Å². The molecule has 56 heavy (non-hydrogen) atoms. The van der Waals surface area contributed by atoms with Gasteiger partial charge in [0, 0.05) is 12.8 Å². The lowest BCUT2D eigenvalue weighted by Gasteiger charge is -2.20. The highest BCUT2D eigenvalue weighted by molar-refractivity contribution is 5.76. The summed E-state index contributed by atoms with van der Waals surface area (Å²) in [6, 6.07) is -0.644. The Morgan fingerprint density at radius 2 is 0.839 bits per heavy atom. The molecule has 2 atom stereocenters. The van der Waals surface area contributed by atoms with Gasteiger partial charge >= 0.3 is 5.97 Å². The fraction of sp³-hybridized carbons (Fsp3) is 0.880. The van der Waals surface area contributed by atoms with Crippen LogP contribution >= 0.6 is 0 Å². The Hall–Kier alpha value is -1.66. The first-order valence-corrected chi connectivity index (χ1v) is 24.6. The standard InChI is InChI=1S/C50H95NO5/c1-3-5-7-9-11-13-15-17-19-20-22-26-30-34-38-42-48(53)47(46-52)51-49(54)43-39-35-31-27-24-25-29-33-37-41-45-56-50(55)44-40-36-32-28-23-21-18-16-14-12-10-8-6-4-2/h16,18,38,42,47-48,52-53H,3-15,17,19-37,39-41,43-46H2,1-2H3,(H,51,54)/b18-16-,42-38+. The second-order valence-electron chi connectivity index (χ2n) is 16.8. The first kappa shape index (κ1) is 54.3. The highest BCUT2D eigenvalue weighted by atomic mass is 16.5. The molecular formula is C50H95NO5. The minimum Gasteiger partial charge on any atom is -0.466 e. The van der Waals surface area contributed by atoms with E-state index < -0.39 is 12.1 Å². The van der Waals surface area contributed by atoms with Crippen molar-refractivity contribution in [1.29, 1.82) is 0 Å². The molecule has 0 radical (unpaired) electrons. The topological polar surface area (TPSA) is 95.9 Å². The second kappa shape index (κ2) is 46.0. The number of aliphatic hydroxyl groups excluding tert-OH is 2. The van der Waals surface area contributed by atoms with Crippen molar-refractivity contribution >= 4 is 11.9 Å². The van der Waals surface area contributed by atoms with E-state index in [1.165, 1.54) is 173 Å². The average Bonchev–Trinajstić information content (AvgIpc) is 3.20. The molecule has 0 saturated heterocycles. The quantitative estimate of drug-likeness (QED) is 0.0324. The lowest BCUT2D eigenvalue weighted by molar-refractivity contribution is -0.143. The molecule has 0 saturated carbocycles. The molecule has 0 fully saturated rings. The smallest absolute Gasteiger partial charge is 0.305 e. The van der Waals surface area contributed by atoms with Gasteiger partial charge in [0.1, 0.15) is 0 Å². The number of carbonyl (C=O) groups is 2. The molecule has 0 bridgehead atoms. The summed E-state index contributed by atoms with van der Waals surface area (Å²) in [6.07, 6.45) is 53.1. The minimum absolute atomic E-state index is 0.0297. The van der Waals surface area contributed by atoms with Crippen LogP contribution in [-0.4, -0.2) is 47.4 Å². The van der Waals surface area contributed by atoms with Gasteiger partial charge in [-0.1, -0.05) is 212 Å². The molecular weight excluding hydrogens is 695 g/mol. The number of amides is 1. The molecule has 0 aromatic carbocycles. The Morgan fingerprint density at radius 1 is 0.482 bits per heavy atom. The molecule has 0 aromatic rings. The van der Waals surface area contributed by atoms with Gasteiger partial charge in [-0.05, 0) is 57.8 Å². The summed E-state index contributed by atoms with van der Waals surface area (Å²) < 4.78 is 5.44. The second-order valence-corrected chi connectivity index (χ2v) is 16.8. The lowest BCUT2D eigenvalue weighted by atomic mass is 10.0. The van der Waals surface area contributed by atoms with Crippen molar-refractivity contribution in [2.45, 2.75) is 270 Å². The monoisotopic (exact) mass is 790 g/mol. The van der Waals surface area contributed by atoms with Gasteiger partial charge in [-0.2, -0.15) is 0 Å². The number of ether oxygens (including phenoxy) is 1. The van der Waals surface area contributed by atoms with Gasteiger partial charge in [0.2, 0.25) is 5.91 Å². The van der Waals surface area contributed by atoms with Crippen LogP contribution in [0.15, 0.2) is 24.3 Å². The predicted octanol–water partition coefficient (Wildman–Crippen LogP) is 14.3. The van der Waals surface area contributed by atoms with Crippen LogP contribution in [0.25, 0.3) is 0 Å². The van der Waals surface area contributed by atoms with Gasteiger partial charge in [0.25, 0.3) is 0 Å². The maximum atomic E-state index is 12.4. The largest absolute Gasteiger partial charge is 0.466 e. The van der Waals surface area contributed by atoms with Crippen LogP contribution in [-0.2, 0) is 14.3 Å². The lowest BCUT2D eigenvalue weighted by Crippen LogP contribution is -2.45. The van der Waals surface area contributed by atoms with E-state index in [-0.39, 0.29) is 18.5 Å². The number of allylic oxidation sites excluding steroid dienone is 3. The first-order valence-electron chi connectivity index (χ1n) is 24.6. The van der Waals surface area contributed by atoms with Crippen LogP contribution in [0.5, 0.6) is 0 Å². The van der Waals surface area contributed by atoms with Gasteiger partial charge in [-0.15, -0.1) is 0 Å². The molecule has 330 valence electrons. The zero-order valence-corrected chi connectivity index (χ0v) is 37.4. The van der Waals surface area contributed by atoms with E-state index in [1.54, 1.807) is 6.08 Å². The van der Waals surface area contributed by atoms with E-state index in [4.69, 9.17) is 4.74 Å². The number of nitrogens with one attached hydrogen (secondary N) is 1. The molecule has 0 aliphatic rings. The average molecular weight is 790 g/mol. The number of rotatable bonds is 45. The normalized spacial score (nSPS) is 12.9. The fourth-order valence-corrected chi connectivity index (χ4v) is 7.39. The van der Waals surface area contributed by atoms with E-state index in [1.807, 2.05) is 6.08 Å². The van der Waals surface area contributed by atoms with Crippen molar-refractivity contribution in [2.24, 2.45) is 0 Å².